The lowest BCUT2D eigenvalue weighted by Crippen LogP contribution is -2.37. The molecule has 1 aliphatic heterocycles. The summed E-state index contributed by atoms with van der Waals surface area (Å²) in [6, 6.07) is 13.1. The van der Waals surface area contributed by atoms with Crippen LogP contribution >= 0.6 is 15.9 Å². The molecule has 0 saturated carbocycles. The van der Waals surface area contributed by atoms with Crippen LogP contribution in [0.25, 0.3) is 0 Å². The van der Waals surface area contributed by atoms with E-state index in [-0.39, 0.29) is 0 Å². The summed E-state index contributed by atoms with van der Waals surface area (Å²) in [7, 11) is 1.69. The molecule has 2 aromatic carbocycles. The van der Waals surface area contributed by atoms with Crippen molar-refractivity contribution in [3.05, 3.63) is 57.6 Å². The Bertz CT molecular complexity index is 781. The Morgan fingerprint density at radius 3 is 2.82 bits per heavy atom. The Labute approximate surface area is 177 Å². The van der Waals surface area contributed by atoms with Gasteiger partial charge in [-0.2, -0.15) is 0 Å². The molecule has 4 nitrogen and oxygen atoms in total. The number of likely N-dealkylation sites (N-methyl/N-ethyl adjacent to an activating group) is 1. The van der Waals surface area contributed by atoms with Crippen molar-refractivity contribution in [1.29, 1.82) is 0 Å². The van der Waals surface area contributed by atoms with E-state index in [0.717, 1.165) is 35.6 Å². The van der Waals surface area contributed by atoms with E-state index < -0.39 is 0 Å². The van der Waals surface area contributed by atoms with E-state index in [1.807, 2.05) is 12.1 Å². The van der Waals surface area contributed by atoms with Gasteiger partial charge in [0.25, 0.3) is 0 Å². The van der Waals surface area contributed by atoms with Crippen LogP contribution in [-0.2, 0) is 13.2 Å². The molecule has 0 radical (unpaired) electrons. The summed E-state index contributed by atoms with van der Waals surface area (Å²) in [5, 5.41) is 3.61. The number of methoxy groups -OCH3 is 1. The van der Waals surface area contributed by atoms with Gasteiger partial charge in [0.2, 0.25) is 0 Å². The maximum absolute atomic E-state index is 6.10. The van der Waals surface area contributed by atoms with E-state index in [1.54, 1.807) is 7.11 Å². The molecule has 0 bridgehead atoms. The van der Waals surface area contributed by atoms with Gasteiger partial charge in [0.15, 0.2) is 11.5 Å². The second kappa shape index (κ2) is 10.3. The molecule has 0 spiro atoms. The third-order valence-electron chi connectivity index (χ3n) is 5.54. The number of likely N-dealkylation sites (tertiary alicyclic amines) is 1. The van der Waals surface area contributed by atoms with E-state index in [2.05, 4.69) is 64.3 Å². The number of ether oxygens (including phenoxy) is 2. The first kappa shape index (κ1) is 21.2. The van der Waals surface area contributed by atoms with Crippen molar-refractivity contribution in [1.82, 2.24) is 10.2 Å². The molecule has 1 heterocycles. The van der Waals surface area contributed by atoms with E-state index in [0.29, 0.717) is 12.6 Å². The fourth-order valence-corrected chi connectivity index (χ4v) is 4.47. The van der Waals surface area contributed by atoms with Crippen LogP contribution in [0.5, 0.6) is 11.5 Å². The molecule has 1 fully saturated rings. The molecule has 152 valence electrons. The first-order valence-corrected chi connectivity index (χ1v) is 10.9. The summed E-state index contributed by atoms with van der Waals surface area (Å²) in [5.41, 5.74) is 3.60. The lowest BCUT2D eigenvalue weighted by Gasteiger charge is -2.23. The van der Waals surface area contributed by atoms with Crippen molar-refractivity contribution in [3.8, 4) is 11.5 Å². The van der Waals surface area contributed by atoms with E-state index in [9.17, 15) is 0 Å². The van der Waals surface area contributed by atoms with Gasteiger partial charge in [0, 0.05) is 19.1 Å². The Kier molecular flexibility index (Phi) is 7.77. The van der Waals surface area contributed by atoms with Gasteiger partial charge in [-0.1, -0.05) is 31.2 Å². The summed E-state index contributed by atoms with van der Waals surface area (Å²) in [4.78, 5) is 2.56. The predicted molar refractivity (Wildman–Crippen MR) is 118 cm³/mol. The number of halogens is 1. The second-order valence-corrected chi connectivity index (χ2v) is 8.23. The smallest absolute Gasteiger partial charge is 0.175 e. The standard InChI is InChI=1S/C23H31BrN2O2/c1-4-26-11-7-10-20(26)15-25-14-18-12-21(24)23(22(13-18)27-3)28-16-19-9-6-5-8-17(19)2/h5-6,8-9,12-13,20,25H,4,7,10-11,14-16H2,1-3H3/t20-/m0/s1. The lowest BCUT2D eigenvalue weighted by molar-refractivity contribution is 0.259. The van der Waals surface area contributed by atoms with Gasteiger partial charge in [-0.3, -0.25) is 4.90 Å². The van der Waals surface area contributed by atoms with Crippen LogP contribution in [0, 0.1) is 6.92 Å². The highest BCUT2D eigenvalue weighted by Crippen LogP contribution is 2.37. The summed E-state index contributed by atoms with van der Waals surface area (Å²) >= 11 is 3.67. The third-order valence-corrected chi connectivity index (χ3v) is 6.13. The fourth-order valence-electron chi connectivity index (χ4n) is 3.86. The second-order valence-electron chi connectivity index (χ2n) is 7.38. The molecule has 1 aliphatic rings. The Morgan fingerprint density at radius 1 is 1.25 bits per heavy atom. The minimum absolute atomic E-state index is 0.522. The van der Waals surface area contributed by atoms with Crippen LogP contribution in [-0.4, -0.2) is 37.7 Å². The molecular formula is C23H31BrN2O2. The summed E-state index contributed by atoms with van der Waals surface area (Å²) < 4.78 is 12.6. The van der Waals surface area contributed by atoms with Gasteiger partial charge in [0.05, 0.1) is 11.6 Å². The Balaban J connectivity index is 1.61. The van der Waals surface area contributed by atoms with E-state index in [1.165, 1.54) is 36.1 Å². The molecule has 1 saturated heterocycles. The molecule has 1 N–H and O–H groups in total. The average Bonchev–Trinajstić information content (AvgIpc) is 3.15. The Morgan fingerprint density at radius 2 is 2.07 bits per heavy atom. The SMILES string of the molecule is CCN1CCC[C@H]1CNCc1cc(Br)c(OCc2ccccc2C)c(OC)c1. The molecule has 0 amide bonds. The van der Waals surface area contributed by atoms with Crippen LogP contribution in [0.15, 0.2) is 40.9 Å². The van der Waals surface area contributed by atoms with E-state index >= 15 is 0 Å². The van der Waals surface area contributed by atoms with Gasteiger partial charge in [-0.15, -0.1) is 0 Å². The van der Waals surface area contributed by atoms with Crippen LogP contribution in [0.1, 0.15) is 36.5 Å². The highest BCUT2D eigenvalue weighted by molar-refractivity contribution is 9.10. The van der Waals surface area contributed by atoms with Gasteiger partial charge < -0.3 is 14.8 Å². The number of nitrogens with one attached hydrogen (secondary N) is 1. The van der Waals surface area contributed by atoms with Gasteiger partial charge in [0.1, 0.15) is 6.61 Å². The maximum Gasteiger partial charge on any atom is 0.175 e. The summed E-state index contributed by atoms with van der Waals surface area (Å²) in [6.45, 7) is 9.08. The number of benzene rings is 2. The third kappa shape index (κ3) is 5.28. The number of hydrogen-bond donors (Lipinski definition) is 1. The van der Waals surface area contributed by atoms with Gasteiger partial charge >= 0.3 is 0 Å². The zero-order valence-electron chi connectivity index (χ0n) is 17.1. The maximum atomic E-state index is 6.10. The topological polar surface area (TPSA) is 33.7 Å². The largest absolute Gasteiger partial charge is 0.493 e. The van der Waals surface area contributed by atoms with Crippen LogP contribution in [0.4, 0.5) is 0 Å². The van der Waals surface area contributed by atoms with Gasteiger partial charge in [-0.25, -0.2) is 0 Å². The number of rotatable bonds is 9. The summed E-state index contributed by atoms with van der Waals surface area (Å²) in [5.74, 6) is 1.51. The number of nitrogens with zero attached hydrogens (tertiary/aromatic N) is 1. The average molecular weight is 447 g/mol. The van der Waals surface area contributed by atoms with Crippen molar-refractivity contribution >= 4 is 15.9 Å². The normalized spacial score (nSPS) is 17.1. The molecular weight excluding hydrogens is 416 g/mol. The first-order valence-electron chi connectivity index (χ1n) is 10.1. The van der Waals surface area contributed by atoms with Crippen molar-refractivity contribution in [3.63, 3.8) is 0 Å². The number of aryl methyl sites for hydroxylation is 1. The molecule has 1 atom stereocenters. The van der Waals surface area contributed by atoms with Gasteiger partial charge in [-0.05, 0) is 77.6 Å². The first-order chi connectivity index (χ1) is 13.6. The quantitative estimate of drug-likeness (QED) is 0.592. The minimum Gasteiger partial charge on any atom is -0.493 e. The zero-order chi connectivity index (χ0) is 19.9. The highest BCUT2D eigenvalue weighted by atomic mass is 79.9. The van der Waals surface area contributed by atoms with Crippen LogP contribution < -0.4 is 14.8 Å². The van der Waals surface area contributed by atoms with E-state index in [4.69, 9.17) is 9.47 Å². The fraction of sp³-hybridized carbons (Fsp3) is 0.478. The molecule has 0 aromatic heterocycles. The molecule has 28 heavy (non-hydrogen) atoms. The van der Waals surface area contributed by atoms with Crippen LogP contribution in [0.2, 0.25) is 0 Å². The van der Waals surface area contributed by atoms with Crippen molar-refractivity contribution in [2.75, 3.05) is 26.7 Å². The Hall–Kier alpha value is -1.56. The molecule has 0 aliphatic carbocycles. The van der Waals surface area contributed by atoms with Crippen molar-refractivity contribution < 1.29 is 9.47 Å². The minimum atomic E-state index is 0.522. The van der Waals surface area contributed by atoms with Crippen molar-refractivity contribution in [2.24, 2.45) is 0 Å². The highest BCUT2D eigenvalue weighted by Gasteiger charge is 2.22. The molecule has 2 aromatic rings. The monoisotopic (exact) mass is 446 g/mol. The van der Waals surface area contributed by atoms with Crippen LogP contribution in [0.3, 0.4) is 0 Å². The predicted octanol–water partition coefficient (Wildman–Crippen LogP) is 4.92. The zero-order valence-corrected chi connectivity index (χ0v) is 18.7. The number of hydrogen-bond acceptors (Lipinski definition) is 4. The molecule has 3 rings (SSSR count). The molecule has 5 heteroatoms. The van der Waals surface area contributed by atoms with Crippen molar-refractivity contribution in [2.45, 2.75) is 45.9 Å². The summed E-state index contributed by atoms with van der Waals surface area (Å²) in [6.07, 6.45) is 2.60. The molecule has 0 unspecified atom stereocenters. The lowest BCUT2D eigenvalue weighted by atomic mass is 10.1.